The maximum absolute atomic E-state index is 12.1. The summed E-state index contributed by atoms with van der Waals surface area (Å²) in [4.78, 5) is 16.7. The summed E-state index contributed by atoms with van der Waals surface area (Å²) in [5, 5.41) is 6.46. The van der Waals surface area contributed by atoms with Crippen LogP contribution in [0.1, 0.15) is 16.7 Å². The average Bonchev–Trinajstić information content (AvgIpc) is 3.18. The summed E-state index contributed by atoms with van der Waals surface area (Å²) in [5.74, 6) is 0.223. The Morgan fingerprint density at radius 3 is 2.56 bits per heavy atom. The molecule has 2 N–H and O–H groups in total. The van der Waals surface area contributed by atoms with Crippen LogP contribution >= 0.6 is 23.8 Å². The number of anilines is 1. The molecule has 5 nitrogen and oxygen atoms in total. The predicted octanol–water partition coefficient (Wildman–Crippen LogP) is 6.29. The van der Waals surface area contributed by atoms with E-state index < -0.39 is 0 Å². The molecule has 0 bridgehead atoms. The van der Waals surface area contributed by atoms with Crippen molar-refractivity contribution in [2.45, 2.75) is 13.8 Å². The molecule has 0 spiro atoms. The van der Waals surface area contributed by atoms with Crippen LogP contribution in [0.2, 0.25) is 5.02 Å². The molecule has 1 amide bonds. The second kappa shape index (κ2) is 9.34. The number of halogens is 1. The molecule has 0 aliphatic carbocycles. The van der Waals surface area contributed by atoms with Crippen molar-refractivity contribution in [3.8, 4) is 11.5 Å². The Kier molecular flexibility index (Phi) is 6.35. The number of aryl methyl sites for hydroxylation is 2. The first-order chi connectivity index (χ1) is 15.4. The van der Waals surface area contributed by atoms with Crippen LogP contribution in [-0.4, -0.2) is 16.0 Å². The van der Waals surface area contributed by atoms with Crippen LogP contribution in [0, 0.1) is 13.8 Å². The number of carbonyl (C=O) groups is 1. The monoisotopic (exact) mass is 461 g/mol. The normalized spacial score (nSPS) is 11.1. The summed E-state index contributed by atoms with van der Waals surface area (Å²) in [6, 6.07) is 18.7. The van der Waals surface area contributed by atoms with Crippen LogP contribution in [0.4, 0.5) is 5.69 Å². The Morgan fingerprint density at radius 1 is 1.03 bits per heavy atom. The van der Waals surface area contributed by atoms with Gasteiger partial charge in [-0.3, -0.25) is 10.1 Å². The van der Waals surface area contributed by atoms with Gasteiger partial charge in [0.15, 0.2) is 10.7 Å². The van der Waals surface area contributed by atoms with Crippen LogP contribution in [0.3, 0.4) is 0 Å². The van der Waals surface area contributed by atoms with Gasteiger partial charge >= 0.3 is 0 Å². The van der Waals surface area contributed by atoms with E-state index in [1.807, 2.05) is 36.4 Å². The standard InChI is InChI=1S/C25H20ClN3O2S/c1-15-3-7-18(13-16(15)2)24-28-21-14-20(10-11-22(21)31-24)27-25(32)29-23(30)12-6-17-4-8-19(26)9-5-17/h3-14H,1-2H3,(H2,27,29,30,32)/b12-6+. The van der Waals surface area contributed by atoms with Gasteiger partial charge in [-0.15, -0.1) is 0 Å². The molecule has 0 saturated heterocycles. The number of amides is 1. The summed E-state index contributed by atoms with van der Waals surface area (Å²) in [7, 11) is 0. The number of benzene rings is 3. The predicted molar refractivity (Wildman–Crippen MR) is 134 cm³/mol. The van der Waals surface area contributed by atoms with Gasteiger partial charge in [-0.2, -0.15) is 0 Å². The highest BCUT2D eigenvalue weighted by Gasteiger charge is 2.10. The van der Waals surface area contributed by atoms with E-state index in [0.29, 0.717) is 27.7 Å². The molecular formula is C25H20ClN3O2S. The first-order valence-corrected chi connectivity index (χ1v) is 10.7. The first kappa shape index (κ1) is 21.7. The van der Waals surface area contributed by atoms with Gasteiger partial charge in [0.05, 0.1) is 0 Å². The molecule has 0 aliphatic heterocycles. The molecule has 160 valence electrons. The van der Waals surface area contributed by atoms with E-state index in [2.05, 4.69) is 41.6 Å². The molecule has 3 aromatic carbocycles. The lowest BCUT2D eigenvalue weighted by molar-refractivity contribution is -0.115. The van der Waals surface area contributed by atoms with E-state index >= 15 is 0 Å². The summed E-state index contributed by atoms with van der Waals surface area (Å²) >= 11 is 11.1. The minimum atomic E-state index is -0.336. The molecule has 7 heteroatoms. The quantitative estimate of drug-likeness (QED) is 0.276. The molecule has 0 atom stereocenters. The van der Waals surface area contributed by atoms with Gasteiger partial charge in [0.2, 0.25) is 11.8 Å². The highest BCUT2D eigenvalue weighted by molar-refractivity contribution is 7.80. The van der Waals surface area contributed by atoms with Crippen LogP contribution < -0.4 is 10.6 Å². The molecule has 1 heterocycles. The number of nitrogens with one attached hydrogen (secondary N) is 2. The smallest absolute Gasteiger partial charge is 0.250 e. The number of rotatable bonds is 4. The van der Waals surface area contributed by atoms with E-state index in [4.69, 9.17) is 28.2 Å². The van der Waals surface area contributed by atoms with Crippen molar-refractivity contribution in [2.24, 2.45) is 0 Å². The third-order valence-corrected chi connectivity index (χ3v) is 5.39. The SMILES string of the molecule is Cc1ccc(-c2nc3cc(NC(=S)NC(=O)/C=C/c4ccc(Cl)cc4)ccc3o2)cc1C. The van der Waals surface area contributed by atoms with Crippen LogP contribution in [0.5, 0.6) is 0 Å². The fourth-order valence-electron chi connectivity index (χ4n) is 3.06. The molecule has 1 aromatic heterocycles. The van der Waals surface area contributed by atoms with Crippen molar-refractivity contribution in [1.82, 2.24) is 10.3 Å². The number of fused-ring (bicyclic) bond motifs is 1. The highest BCUT2D eigenvalue weighted by atomic mass is 35.5. The third kappa shape index (κ3) is 5.22. The first-order valence-electron chi connectivity index (χ1n) is 9.91. The number of oxazole rings is 1. The van der Waals surface area contributed by atoms with Crippen molar-refractivity contribution < 1.29 is 9.21 Å². The molecule has 0 fully saturated rings. The topological polar surface area (TPSA) is 67.2 Å². The van der Waals surface area contributed by atoms with Gasteiger partial charge in [0, 0.05) is 22.3 Å². The maximum atomic E-state index is 12.1. The van der Waals surface area contributed by atoms with Crippen LogP contribution in [-0.2, 0) is 4.79 Å². The zero-order valence-corrected chi connectivity index (χ0v) is 19.1. The number of hydrogen-bond donors (Lipinski definition) is 2. The van der Waals surface area contributed by atoms with Crippen molar-refractivity contribution >= 4 is 57.7 Å². The van der Waals surface area contributed by atoms with Gasteiger partial charge in [0.25, 0.3) is 0 Å². The molecular weight excluding hydrogens is 442 g/mol. The lowest BCUT2D eigenvalue weighted by Gasteiger charge is -2.07. The zero-order chi connectivity index (χ0) is 22.7. The highest BCUT2D eigenvalue weighted by Crippen LogP contribution is 2.27. The number of thiocarbonyl (C=S) groups is 1. The van der Waals surface area contributed by atoms with E-state index in [9.17, 15) is 4.79 Å². The molecule has 4 aromatic rings. The van der Waals surface area contributed by atoms with Crippen molar-refractivity contribution in [1.29, 1.82) is 0 Å². The van der Waals surface area contributed by atoms with Crippen molar-refractivity contribution in [3.63, 3.8) is 0 Å². The second-order valence-corrected chi connectivity index (χ2v) is 8.17. The van der Waals surface area contributed by atoms with Crippen molar-refractivity contribution in [2.75, 3.05) is 5.32 Å². The Balaban J connectivity index is 1.42. The van der Waals surface area contributed by atoms with Gasteiger partial charge in [-0.25, -0.2) is 4.98 Å². The average molecular weight is 462 g/mol. The second-order valence-electron chi connectivity index (χ2n) is 7.33. The largest absolute Gasteiger partial charge is 0.436 e. The number of aromatic nitrogens is 1. The van der Waals surface area contributed by atoms with E-state index in [-0.39, 0.29) is 11.0 Å². The fraction of sp³-hybridized carbons (Fsp3) is 0.0800. The lowest BCUT2D eigenvalue weighted by atomic mass is 10.1. The maximum Gasteiger partial charge on any atom is 0.250 e. The zero-order valence-electron chi connectivity index (χ0n) is 17.5. The molecule has 0 radical (unpaired) electrons. The van der Waals surface area contributed by atoms with E-state index in [1.165, 1.54) is 17.2 Å². The summed E-state index contributed by atoms with van der Waals surface area (Å²) < 4.78 is 5.90. The van der Waals surface area contributed by atoms with Crippen LogP contribution in [0.15, 0.2) is 71.2 Å². The summed E-state index contributed by atoms with van der Waals surface area (Å²) in [5.41, 5.74) is 6.25. The van der Waals surface area contributed by atoms with Gasteiger partial charge in [-0.05, 0) is 91.3 Å². The van der Waals surface area contributed by atoms with E-state index in [1.54, 1.807) is 18.2 Å². The molecule has 4 rings (SSSR count). The lowest BCUT2D eigenvalue weighted by Crippen LogP contribution is -2.32. The van der Waals surface area contributed by atoms with Gasteiger partial charge in [0.1, 0.15) is 5.52 Å². The van der Waals surface area contributed by atoms with Gasteiger partial charge < -0.3 is 9.73 Å². The third-order valence-electron chi connectivity index (χ3n) is 4.93. The molecule has 0 aliphatic rings. The molecule has 0 saturated carbocycles. The Labute approximate surface area is 196 Å². The summed E-state index contributed by atoms with van der Waals surface area (Å²) in [6.45, 7) is 4.13. The Bertz CT molecular complexity index is 1340. The van der Waals surface area contributed by atoms with Crippen molar-refractivity contribution in [3.05, 3.63) is 88.5 Å². The Hall–Kier alpha value is -3.48. The summed E-state index contributed by atoms with van der Waals surface area (Å²) in [6.07, 6.45) is 3.10. The number of hydrogen-bond acceptors (Lipinski definition) is 4. The van der Waals surface area contributed by atoms with Gasteiger partial charge in [-0.1, -0.05) is 29.8 Å². The molecule has 0 unspecified atom stereocenters. The molecule has 32 heavy (non-hydrogen) atoms. The van der Waals surface area contributed by atoms with Crippen LogP contribution in [0.25, 0.3) is 28.6 Å². The minimum Gasteiger partial charge on any atom is -0.436 e. The number of nitrogens with zero attached hydrogens (tertiary/aromatic N) is 1. The fourth-order valence-corrected chi connectivity index (χ4v) is 3.41. The van der Waals surface area contributed by atoms with E-state index in [0.717, 1.165) is 11.1 Å². The number of carbonyl (C=O) groups excluding carboxylic acids is 1. The minimum absolute atomic E-state index is 0.188. The Morgan fingerprint density at radius 2 is 1.81 bits per heavy atom.